The van der Waals surface area contributed by atoms with Gasteiger partial charge in [-0.25, -0.2) is 0 Å². The first-order valence-electron chi connectivity index (χ1n) is 13.2. The summed E-state index contributed by atoms with van der Waals surface area (Å²) in [5, 5.41) is 32.9. The van der Waals surface area contributed by atoms with E-state index in [1.807, 2.05) is 20.8 Å². The SMILES string of the molecule is CCC=CC(=O)N(CCCOC(C)C)C1CC(C(=O)NCCO)=CC(Oc2c(I)cc(CO)cc2OC)C1O. The van der Waals surface area contributed by atoms with Gasteiger partial charge in [0.15, 0.2) is 11.5 Å². The van der Waals surface area contributed by atoms with Crippen LogP contribution in [0.3, 0.4) is 0 Å². The number of hydrogen-bond donors (Lipinski definition) is 4. The molecule has 0 aromatic heterocycles. The highest BCUT2D eigenvalue weighted by Gasteiger charge is 2.40. The number of aliphatic hydroxyl groups is 3. The van der Waals surface area contributed by atoms with E-state index in [-0.39, 0.29) is 38.2 Å². The van der Waals surface area contributed by atoms with Crippen molar-refractivity contribution in [2.45, 2.75) is 71.0 Å². The fraction of sp³-hybridized carbons (Fsp3) is 0.571. The van der Waals surface area contributed by atoms with Crippen LogP contribution in [0.25, 0.3) is 0 Å². The van der Waals surface area contributed by atoms with Crippen LogP contribution in [0.4, 0.5) is 0 Å². The quantitative estimate of drug-likeness (QED) is 0.128. The van der Waals surface area contributed by atoms with Crippen LogP contribution in [0.15, 0.2) is 35.9 Å². The normalized spacial score (nSPS) is 19.2. The highest BCUT2D eigenvalue weighted by molar-refractivity contribution is 14.1. The summed E-state index contributed by atoms with van der Waals surface area (Å²) in [7, 11) is 1.48. The Hall–Kier alpha value is -2.19. The molecule has 2 rings (SSSR count). The lowest BCUT2D eigenvalue weighted by Gasteiger charge is -2.40. The Balaban J connectivity index is 2.47. The maximum Gasteiger partial charge on any atom is 0.247 e. The first kappa shape index (κ1) is 33.0. The van der Waals surface area contributed by atoms with Crippen LogP contribution in [0, 0.1) is 3.57 Å². The number of ether oxygens (including phenoxy) is 3. The summed E-state index contributed by atoms with van der Waals surface area (Å²) in [5.74, 6) is 0.0252. The number of carbonyl (C=O) groups is 2. The monoisotopic (exact) mass is 660 g/mol. The number of nitrogens with zero attached hydrogens (tertiary/aromatic N) is 1. The molecule has 39 heavy (non-hydrogen) atoms. The minimum absolute atomic E-state index is 0.0478. The molecule has 0 saturated heterocycles. The second-order valence-electron chi connectivity index (χ2n) is 9.40. The number of amides is 2. The van der Waals surface area contributed by atoms with Crippen molar-refractivity contribution >= 4 is 34.4 Å². The molecule has 1 aliphatic carbocycles. The number of nitrogens with one attached hydrogen (secondary N) is 1. The third-order valence-corrected chi connectivity index (χ3v) is 6.92. The van der Waals surface area contributed by atoms with Gasteiger partial charge in [0.05, 0.1) is 36.0 Å². The fourth-order valence-corrected chi connectivity index (χ4v) is 5.00. The molecule has 3 unspecified atom stereocenters. The zero-order chi connectivity index (χ0) is 28.9. The maximum atomic E-state index is 13.3. The third-order valence-electron chi connectivity index (χ3n) is 6.11. The van der Waals surface area contributed by atoms with Crippen molar-refractivity contribution in [1.29, 1.82) is 0 Å². The van der Waals surface area contributed by atoms with Crippen LogP contribution in [0.1, 0.15) is 45.6 Å². The van der Waals surface area contributed by atoms with Gasteiger partial charge in [0.25, 0.3) is 0 Å². The van der Waals surface area contributed by atoms with Gasteiger partial charge in [0.1, 0.15) is 12.2 Å². The molecular formula is C28H41IN2O8. The van der Waals surface area contributed by atoms with E-state index >= 15 is 0 Å². The molecule has 3 atom stereocenters. The van der Waals surface area contributed by atoms with Gasteiger partial charge in [-0.2, -0.15) is 0 Å². The molecule has 1 aromatic carbocycles. The number of benzene rings is 1. The first-order chi connectivity index (χ1) is 18.7. The molecule has 11 heteroatoms. The molecule has 1 aromatic rings. The zero-order valence-corrected chi connectivity index (χ0v) is 25.2. The lowest BCUT2D eigenvalue weighted by molar-refractivity contribution is -0.133. The smallest absolute Gasteiger partial charge is 0.247 e. The van der Waals surface area contributed by atoms with Crippen LogP contribution in [-0.4, -0.2) is 89.8 Å². The largest absolute Gasteiger partial charge is 0.493 e. The van der Waals surface area contributed by atoms with Crippen LogP contribution in [0.5, 0.6) is 11.5 Å². The Morgan fingerprint density at radius 3 is 2.64 bits per heavy atom. The average Bonchev–Trinajstić information content (AvgIpc) is 2.92. The molecule has 0 radical (unpaired) electrons. The van der Waals surface area contributed by atoms with E-state index in [1.54, 1.807) is 29.2 Å². The minimum atomic E-state index is -1.16. The molecular weight excluding hydrogens is 619 g/mol. The predicted octanol–water partition coefficient (Wildman–Crippen LogP) is 2.32. The topological polar surface area (TPSA) is 138 Å². The van der Waals surface area contributed by atoms with Crippen molar-refractivity contribution in [2.75, 3.05) is 33.4 Å². The summed E-state index contributed by atoms with van der Waals surface area (Å²) in [6.07, 6.45) is 4.00. The predicted molar refractivity (Wildman–Crippen MR) is 155 cm³/mol. The van der Waals surface area contributed by atoms with Gasteiger partial charge in [-0.1, -0.05) is 13.0 Å². The molecule has 0 aliphatic heterocycles. The number of methoxy groups -OCH3 is 1. The lowest BCUT2D eigenvalue weighted by atomic mass is 9.88. The summed E-state index contributed by atoms with van der Waals surface area (Å²) in [6, 6.07) is 2.62. The lowest BCUT2D eigenvalue weighted by Crippen LogP contribution is -2.55. The number of carbonyl (C=O) groups excluding carboxylic acids is 2. The summed E-state index contributed by atoms with van der Waals surface area (Å²) >= 11 is 2.06. The van der Waals surface area contributed by atoms with E-state index in [0.717, 1.165) is 0 Å². The Kier molecular flexibility index (Phi) is 14.2. The molecule has 0 fully saturated rings. The van der Waals surface area contributed by atoms with Gasteiger partial charge in [-0.3, -0.25) is 9.59 Å². The number of hydrogen-bond acceptors (Lipinski definition) is 8. The Morgan fingerprint density at radius 2 is 2.03 bits per heavy atom. The minimum Gasteiger partial charge on any atom is -0.493 e. The van der Waals surface area contributed by atoms with Crippen molar-refractivity contribution in [3.8, 4) is 11.5 Å². The molecule has 4 N–H and O–H groups in total. The van der Waals surface area contributed by atoms with Crippen molar-refractivity contribution in [3.63, 3.8) is 0 Å². The Morgan fingerprint density at radius 1 is 1.28 bits per heavy atom. The van der Waals surface area contributed by atoms with Crippen LogP contribution in [-0.2, 0) is 20.9 Å². The van der Waals surface area contributed by atoms with Crippen molar-refractivity contribution in [1.82, 2.24) is 10.2 Å². The van der Waals surface area contributed by atoms with E-state index in [2.05, 4.69) is 27.9 Å². The standard InChI is InChI=1S/C28H41IN2O8/c1-5-6-8-25(34)31(10-7-12-38-18(2)3)22-15-20(28(36)30-9-11-32)16-23(26(22)35)39-27-21(29)13-19(17-33)14-24(27)37-4/h6,8,13-14,16,18,22-23,26,32-33,35H,5,7,9-12,15,17H2,1-4H3,(H,30,36). The Bertz CT molecular complexity index is 1010. The summed E-state index contributed by atoms with van der Waals surface area (Å²) in [4.78, 5) is 27.8. The van der Waals surface area contributed by atoms with E-state index in [9.17, 15) is 24.9 Å². The second-order valence-corrected chi connectivity index (χ2v) is 10.6. The fourth-order valence-electron chi connectivity index (χ4n) is 4.20. The molecule has 1 aliphatic rings. The molecule has 0 heterocycles. The molecule has 10 nitrogen and oxygen atoms in total. The van der Waals surface area contributed by atoms with Crippen LogP contribution >= 0.6 is 22.6 Å². The van der Waals surface area contributed by atoms with Crippen molar-refractivity contribution < 1.29 is 39.1 Å². The van der Waals surface area contributed by atoms with E-state index in [1.165, 1.54) is 13.2 Å². The zero-order valence-electron chi connectivity index (χ0n) is 23.1. The van der Waals surface area contributed by atoms with Crippen molar-refractivity contribution in [2.24, 2.45) is 0 Å². The highest BCUT2D eigenvalue weighted by Crippen LogP contribution is 2.37. The van der Waals surface area contributed by atoms with Gasteiger partial charge in [-0.05, 0) is 79.1 Å². The van der Waals surface area contributed by atoms with Gasteiger partial charge >= 0.3 is 0 Å². The molecule has 0 bridgehead atoms. The van der Waals surface area contributed by atoms with Crippen molar-refractivity contribution in [3.05, 3.63) is 45.1 Å². The van der Waals surface area contributed by atoms with Crippen LogP contribution in [0.2, 0.25) is 0 Å². The summed E-state index contributed by atoms with van der Waals surface area (Å²) in [6.45, 7) is 6.21. The number of rotatable bonds is 15. The van der Waals surface area contributed by atoms with E-state index in [4.69, 9.17) is 14.2 Å². The maximum absolute atomic E-state index is 13.3. The summed E-state index contributed by atoms with van der Waals surface area (Å²) in [5.41, 5.74) is 0.966. The number of allylic oxidation sites excluding steroid dienone is 1. The average molecular weight is 661 g/mol. The summed E-state index contributed by atoms with van der Waals surface area (Å²) < 4.78 is 18.0. The van der Waals surface area contributed by atoms with Gasteiger partial charge in [0.2, 0.25) is 11.8 Å². The molecule has 218 valence electrons. The number of aliphatic hydroxyl groups excluding tert-OH is 3. The van der Waals surface area contributed by atoms with Crippen LogP contribution < -0.4 is 14.8 Å². The molecule has 2 amide bonds. The molecule has 0 saturated carbocycles. The Labute approximate surface area is 244 Å². The van der Waals surface area contributed by atoms with E-state index < -0.39 is 24.2 Å². The first-order valence-corrected chi connectivity index (χ1v) is 14.2. The van der Waals surface area contributed by atoms with Gasteiger partial charge in [0, 0.05) is 31.7 Å². The second kappa shape index (κ2) is 16.8. The number of halogens is 1. The van der Waals surface area contributed by atoms with Gasteiger partial charge in [-0.15, -0.1) is 0 Å². The highest BCUT2D eigenvalue weighted by atomic mass is 127. The third kappa shape index (κ3) is 9.75. The molecule has 0 spiro atoms. The van der Waals surface area contributed by atoms with Gasteiger partial charge < -0.3 is 39.7 Å². The van der Waals surface area contributed by atoms with E-state index in [0.29, 0.717) is 52.2 Å².